The van der Waals surface area contributed by atoms with E-state index in [2.05, 4.69) is 22.5 Å². The standard InChI is InChI=1S/C13H18BrNO2/c1-9(14)8-17-13-7-12(16-3)5-4-11(13)6-10(2)15/h4-5,7,10H,1,6,8,15H2,2-3H3. The molecule has 4 heteroatoms. The normalized spacial score (nSPS) is 12.0. The Kier molecular flexibility index (Phi) is 5.51. The van der Waals surface area contributed by atoms with Crippen molar-refractivity contribution in [2.75, 3.05) is 13.7 Å². The largest absolute Gasteiger partial charge is 0.497 e. The van der Waals surface area contributed by atoms with Crippen molar-refractivity contribution < 1.29 is 9.47 Å². The first-order chi connectivity index (χ1) is 8.02. The van der Waals surface area contributed by atoms with E-state index in [1.165, 1.54) is 0 Å². The Morgan fingerprint density at radius 3 is 2.76 bits per heavy atom. The summed E-state index contributed by atoms with van der Waals surface area (Å²) in [7, 11) is 1.63. The molecule has 0 saturated carbocycles. The summed E-state index contributed by atoms with van der Waals surface area (Å²) in [5.41, 5.74) is 6.88. The number of hydrogen-bond acceptors (Lipinski definition) is 3. The van der Waals surface area contributed by atoms with Crippen LogP contribution in [0.5, 0.6) is 11.5 Å². The number of halogens is 1. The van der Waals surface area contributed by atoms with E-state index in [4.69, 9.17) is 15.2 Å². The molecule has 0 radical (unpaired) electrons. The minimum absolute atomic E-state index is 0.0953. The maximum atomic E-state index is 5.81. The third-order valence-electron chi connectivity index (χ3n) is 2.20. The first kappa shape index (κ1) is 14.1. The van der Waals surface area contributed by atoms with E-state index in [0.29, 0.717) is 6.61 Å². The summed E-state index contributed by atoms with van der Waals surface area (Å²) in [5.74, 6) is 1.57. The van der Waals surface area contributed by atoms with Gasteiger partial charge in [-0.1, -0.05) is 28.6 Å². The molecule has 1 aromatic carbocycles. The van der Waals surface area contributed by atoms with Crippen LogP contribution in [0.25, 0.3) is 0 Å². The van der Waals surface area contributed by atoms with Crippen molar-refractivity contribution in [3.8, 4) is 11.5 Å². The Labute approximate surface area is 111 Å². The molecule has 0 aliphatic carbocycles. The lowest BCUT2D eigenvalue weighted by Gasteiger charge is -2.14. The fourth-order valence-electron chi connectivity index (χ4n) is 1.47. The van der Waals surface area contributed by atoms with Crippen molar-refractivity contribution >= 4 is 15.9 Å². The lowest BCUT2D eigenvalue weighted by Crippen LogP contribution is -2.18. The lowest BCUT2D eigenvalue weighted by atomic mass is 10.1. The molecular weight excluding hydrogens is 282 g/mol. The van der Waals surface area contributed by atoms with Gasteiger partial charge in [-0.15, -0.1) is 0 Å². The molecule has 0 saturated heterocycles. The number of benzene rings is 1. The zero-order valence-electron chi connectivity index (χ0n) is 10.2. The third kappa shape index (κ3) is 4.79. The van der Waals surface area contributed by atoms with Gasteiger partial charge in [0.25, 0.3) is 0 Å². The highest BCUT2D eigenvalue weighted by Gasteiger charge is 2.08. The van der Waals surface area contributed by atoms with Crippen LogP contribution < -0.4 is 15.2 Å². The molecule has 0 fully saturated rings. The second-order valence-electron chi connectivity index (χ2n) is 3.96. The van der Waals surface area contributed by atoms with Crippen LogP contribution in [0.2, 0.25) is 0 Å². The van der Waals surface area contributed by atoms with E-state index in [1.807, 2.05) is 25.1 Å². The van der Waals surface area contributed by atoms with E-state index in [0.717, 1.165) is 28.0 Å². The van der Waals surface area contributed by atoms with E-state index in [-0.39, 0.29) is 6.04 Å². The SMILES string of the molecule is C=C(Br)COc1cc(OC)ccc1CC(C)N. The van der Waals surface area contributed by atoms with Crippen LogP contribution >= 0.6 is 15.9 Å². The van der Waals surface area contributed by atoms with Crippen molar-refractivity contribution in [2.24, 2.45) is 5.73 Å². The first-order valence-electron chi connectivity index (χ1n) is 5.41. The number of methoxy groups -OCH3 is 1. The van der Waals surface area contributed by atoms with Gasteiger partial charge in [0.2, 0.25) is 0 Å². The fourth-order valence-corrected chi connectivity index (χ4v) is 1.58. The first-order valence-corrected chi connectivity index (χ1v) is 6.20. The van der Waals surface area contributed by atoms with Gasteiger partial charge in [-0.05, 0) is 25.0 Å². The third-order valence-corrected chi connectivity index (χ3v) is 2.43. The maximum Gasteiger partial charge on any atom is 0.126 e. The smallest absolute Gasteiger partial charge is 0.126 e. The van der Waals surface area contributed by atoms with Crippen LogP contribution in [-0.2, 0) is 6.42 Å². The molecule has 0 heterocycles. The Morgan fingerprint density at radius 2 is 2.24 bits per heavy atom. The van der Waals surface area contributed by atoms with E-state index in [9.17, 15) is 0 Å². The Hall–Kier alpha value is -1.00. The van der Waals surface area contributed by atoms with Gasteiger partial charge in [0.15, 0.2) is 0 Å². The summed E-state index contributed by atoms with van der Waals surface area (Å²) in [5, 5.41) is 0. The van der Waals surface area contributed by atoms with Crippen LogP contribution in [0.4, 0.5) is 0 Å². The number of ether oxygens (including phenoxy) is 2. The summed E-state index contributed by atoms with van der Waals surface area (Å²) in [6.45, 7) is 6.14. The van der Waals surface area contributed by atoms with E-state index < -0.39 is 0 Å². The minimum Gasteiger partial charge on any atom is -0.497 e. The molecule has 17 heavy (non-hydrogen) atoms. The molecule has 0 aliphatic heterocycles. The molecule has 1 rings (SSSR count). The molecule has 0 aromatic heterocycles. The number of hydrogen-bond donors (Lipinski definition) is 1. The van der Waals surface area contributed by atoms with Crippen LogP contribution in [0.15, 0.2) is 29.3 Å². The topological polar surface area (TPSA) is 44.5 Å². The average Bonchev–Trinajstić information content (AvgIpc) is 2.27. The van der Waals surface area contributed by atoms with Crippen molar-refractivity contribution in [1.29, 1.82) is 0 Å². The molecule has 0 amide bonds. The molecule has 1 aromatic rings. The highest BCUT2D eigenvalue weighted by Crippen LogP contribution is 2.26. The van der Waals surface area contributed by atoms with Gasteiger partial charge in [0, 0.05) is 16.6 Å². The molecule has 1 unspecified atom stereocenters. The molecular formula is C13H18BrNO2. The van der Waals surface area contributed by atoms with Crippen molar-refractivity contribution in [1.82, 2.24) is 0 Å². The Bertz CT molecular complexity index is 391. The van der Waals surface area contributed by atoms with Crippen molar-refractivity contribution in [2.45, 2.75) is 19.4 Å². The fraction of sp³-hybridized carbons (Fsp3) is 0.385. The van der Waals surface area contributed by atoms with Gasteiger partial charge in [-0.2, -0.15) is 0 Å². The van der Waals surface area contributed by atoms with Gasteiger partial charge in [-0.3, -0.25) is 0 Å². The van der Waals surface area contributed by atoms with Gasteiger partial charge in [-0.25, -0.2) is 0 Å². The Balaban J connectivity index is 2.90. The second-order valence-corrected chi connectivity index (χ2v) is 5.08. The molecule has 0 aliphatic rings. The lowest BCUT2D eigenvalue weighted by molar-refractivity contribution is 0.350. The van der Waals surface area contributed by atoms with Gasteiger partial charge >= 0.3 is 0 Å². The van der Waals surface area contributed by atoms with E-state index in [1.54, 1.807) is 7.11 Å². The maximum absolute atomic E-state index is 5.81. The zero-order valence-corrected chi connectivity index (χ0v) is 11.8. The van der Waals surface area contributed by atoms with Crippen molar-refractivity contribution in [3.05, 3.63) is 34.8 Å². The van der Waals surface area contributed by atoms with Gasteiger partial charge in [0.1, 0.15) is 18.1 Å². The van der Waals surface area contributed by atoms with Crippen LogP contribution in [0, 0.1) is 0 Å². The summed E-state index contributed by atoms with van der Waals surface area (Å²) in [6.07, 6.45) is 0.772. The summed E-state index contributed by atoms with van der Waals surface area (Å²) < 4.78 is 11.6. The number of nitrogens with two attached hydrogens (primary N) is 1. The van der Waals surface area contributed by atoms with Crippen molar-refractivity contribution in [3.63, 3.8) is 0 Å². The van der Waals surface area contributed by atoms with Crippen LogP contribution in [0.1, 0.15) is 12.5 Å². The molecule has 94 valence electrons. The molecule has 1 atom stereocenters. The van der Waals surface area contributed by atoms with E-state index >= 15 is 0 Å². The molecule has 0 spiro atoms. The van der Waals surface area contributed by atoms with Crippen LogP contribution in [-0.4, -0.2) is 19.8 Å². The zero-order chi connectivity index (χ0) is 12.8. The summed E-state index contributed by atoms with van der Waals surface area (Å²) in [4.78, 5) is 0. The number of rotatable bonds is 6. The highest BCUT2D eigenvalue weighted by atomic mass is 79.9. The molecule has 2 N–H and O–H groups in total. The quantitative estimate of drug-likeness (QED) is 0.878. The predicted molar refractivity (Wildman–Crippen MR) is 73.9 cm³/mol. The monoisotopic (exact) mass is 299 g/mol. The summed E-state index contributed by atoms with van der Waals surface area (Å²) >= 11 is 3.27. The minimum atomic E-state index is 0.0953. The molecule has 3 nitrogen and oxygen atoms in total. The summed E-state index contributed by atoms with van der Waals surface area (Å²) in [6, 6.07) is 5.85. The molecule has 0 bridgehead atoms. The predicted octanol–water partition coefficient (Wildman–Crippen LogP) is 2.87. The average molecular weight is 300 g/mol. The highest BCUT2D eigenvalue weighted by molar-refractivity contribution is 9.11. The van der Waals surface area contributed by atoms with Crippen LogP contribution in [0.3, 0.4) is 0 Å². The van der Waals surface area contributed by atoms with Gasteiger partial charge in [0.05, 0.1) is 7.11 Å². The Morgan fingerprint density at radius 1 is 1.53 bits per heavy atom. The second kappa shape index (κ2) is 6.67. The van der Waals surface area contributed by atoms with Gasteiger partial charge < -0.3 is 15.2 Å².